The Balaban J connectivity index is 1.67. The monoisotopic (exact) mass is 326 g/mol. The highest BCUT2D eigenvalue weighted by Crippen LogP contribution is 2.24. The van der Waals surface area contributed by atoms with Crippen LogP contribution in [0.2, 0.25) is 0 Å². The smallest absolute Gasteiger partial charge is 0.341 e. The normalized spacial score (nSPS) is 10.2. The van der Waals surface area contributed by atoms with Crippen LogP contribution >= 0.6 is 0 Å². The average molecular weight is 326 g/mol. The molecule has 7 nitrogen and oxygen atoms in total. The number of carbonyl (C=O) groups is 1. The molecule has 3 rings (SSSR count). The first-order chi connectivity index (χ1) is 11.8. The van der Waals surface area contributed by atoms with Gasteiger partial charge < -0.3 is 18.6 Å². The molecule has 0 N–H and O–H groups in total. The fourth-order valence-electron chi connectivity index (χ4n) is 1.96. The molecule has 24 heavy (non-hydrogen) atoms. The number of rotatable bonds is 6. The maximum absolute atomic E-state index is 11.6. The first kappa shape index (κ1) is 15.5. The van der Waals surface area contributed by atoms with Crippen molar-refractivity contribution < 1.29 is 23.4 Å². The van der Waals surface area contributed by atoms with Gasteiger partial charge in [0.2, 0.25) is 0 Å². The molecule has 0 saturated carbocycles. The molecule has 0 aliphatic rings. The van der Waals surface area contributed by atoms with E-state index in [0.29, 0.717) is 22.8 Å². The molecule has 0 amide bonds. The first-order valence-electron chi connectivity index (χ1n) is 7.08. The van der Waals surface area contributed by atoms with Gasteiger partial charge in [0.25, 0.3) is 0 Å². The van der Waals surface area contributed by atoms with Crippen molar-refractivity contribution in [1.82, 2.24) is 9.97 Å². The summed E-state index contributed by atoms with van der Waals surface area (Å²) in [6.45, 7) is 0.0860. The molecule has 0 spiro atoms. The summed E-state index contributed by atoms with van der Waals surface area (Å²) in [4.78, 5) is 19.6. The second kappa shape index (κ2) is 7.28. The minimum absolute atomic E-state index is 0.0860. The molecule has 1 aromatic carbocycles. The molecule has 0 bridgehead atoms. The van der Waals surface area contributed by atoms with Crippen LogP contribution in [0, 0.1) is 0 Å². The van der Waals surface area contributed by atoms with Gasteiger partial charge >= 0.3 is 12.0 Å². The highest BCUT2D eigenvalue weighted by Gasteiger charge is 2.15. The van der Waals surface area contributed by atoms with Gasteiger partial charge in [-0.1, -0.05) is 6.07 Å². The molecule has 0 unspecified atom stereocenters. The van der Waals surface area contributed by atoms with E-state index in [1.54, 1.807) is 42.7 Å². The lowest BCUT2D eigenvalue weighted by Gasteiger charge is -2.08. The van der Waals surface area contributed by atoms with E-state index in [1.165, 1.54) is 19.4 Å². The highest BCUT2D eigenvalue weighted by molar-refractivity contribution is 5.90. The number of hydrogen-bond acceptors (Lipinski definition) is 7. The van der Waals surface area contributed by atoms with Gasteiger partial charge in [-0.25, -0.2) is 14.8 Å². The summed E-state index contributed by atoms with van der Waals surface area (Å²) in [6, 6.07) is 10.5. The van der Waals surface area contributed by atoms with Gasteiger partial charge in [0.1, 0.15) is 23.7 Å². The fourth-order valence-corrected chi connectivity index (χ4v) is 1.96. The third kappa shape index (κ3) is 3.70. The quantitative estimate of drug-likeness (QED) is 0.643. The fraction of sp³-hybridized carbons (Fsp3) is 0.118. The number of aromatic nitrogens is 2. The van der Waals surface area contributed by atoms with Crippen molar-refractivity contribution in [3.05, 3.63) is 66.4 Å². The Bertz CT molecular complexity index is 817. The van der Waals surface area contributed by atoms with E-state index in [1.807, 2.05) is 0 Å². The molecule has 0 radical (unpaired) electrons. The molecule has 0 aliphatic heterocycles. The summed E-state index contributed by atoms with van der Waals surface area (Å²) in [5, 5.41) is 0. The number of methoxy groups -OCH3 is 1. The minimum Gasteiger partial charge on any atom is -0.485 e. The number of carbonyl (C=O) groups excluding carboxylic acids is 1. The van der Waals surface area contributed by atoms with Crippen LogP contribution in [0.25, 0.3) is 0 Å². The Kier molecular flexibility index (Phi) is 4.71. The lowest BCUT2D eigenvalue weighted by Crippen LogP contribution is -2.05. The summed E-state index contributed by atoms with van der Waals surface area (Å²) in [7, 11) is 1.31. The number of furan rings is 1. The van der Waals surface area contributed by atoms with Gasteiger partial charge in [-0.05, 0) is 24.3 Å². The maximum atomic E-state index is 11.6. The third-order valence-corrected chi connectivity index (χ3v) is 3.08. The molecule has 2 aromatic heterocycles. The maximum Gasteiger partial charge on any atom is 0.341 e. The molecule has 3 aromatic rings. The Hall–Kier alpha value is -3.35. The van der Waals surface area contributed by atoms with E-state index in [-0.39, 0.29) is 12.6 Å². The standard InChI is InChI=1S/C17H14N2O5/c1-21-16(20)14-6-9-22-15(14)11-23-12-4-2-5-13(10-12)24-17-18-7-3-8-19-17/h2-10H,11H2,1H3. The molecule has 2 heterocycles. The van der Waals surface area contributed by atoms with Crippen molar-refractivity contribution in [2.24, 2.45) is 0 Å². The second-order valence-corrected chi connectivity index (χ2v) is 4.65. The summed E-state index contributed by atoms with van der Waals surface area (Å²) < 4.78 is 21.1. The number of esters is 1. The number of benzene rings is 1. The van der Waals surface area contributed by atoms with Gasteiger partial charge in [0, 0.05) is 18.5 Å². The van der Waals surface area contributed by atoms with Crippen molar-refractivity contribution in [3.8, 4) is 17.5 Å². The zero-order chi connectivity index (χ0) is 16.8. The average Bonchev–Trinajstić information content (AvgIpc) is 3.09. The van der Waals surface area contributed by atoms with Crippen LogP contribution in [0.15, 0.2) is 59.5 Å². The topological polar surface area (TPSA) is 83.7 Å². The third-order valence-electron chi connectivity index (χ3n) is 3.08. The first-order valence-corrected chi connectivity index (χ1v) is 7.08. The van der Waals surface area contributed by atoms with Crippen molar-refractivity contribution in [3.63, 3.8) is 0 Å². The molecular formula is C17H14N2O5. The predicted octanol–water partition coefficient (Wildman–Crippen LogP) is 3.23. The van der Waals surface area contributed by atoms with Crippen LogP contribution < -0.4 is 9.47 Å². The lowest BCUT2D eigenvalue weighted by molar-refractivity contribution is 0.0595. The Morgan fingerprint density at radius 3 is 2.71 bits per heavy atom. The largest absolute Gasteiger partial charge is 0.485 e. The molecule has 0 atom stereocenters. The predicted molar refractivity (Wildman–Crippen MR) is 82.9 cm³/mol. The summed E-state index contributed by atoms with van der Waals surface area (Å²) in [5.74, 6) is 1.00. The molecular weight excluding hydrogens is 312 g/mol. The van der Waals surface area contributed by atoms with Crippen molar-refractivity contribution in [2.75, 3.05) is 7.11 Å². The van der Waals surface area contributed by atoms with Gasteiger partial charge in [-0.15, -0.1) is 0 Å². The van der Waals surface area contributed by atoms with Gasteiger partial charge in [-0.2, -0.15) is 0 Å². The van der Waals surface area contributed by atoms with E-state index in [9.17, 15) is 4.79 Å². The lowest BCUT2D eigenvalue weighted by atomic mass is 10.2. The van der Waals surface area contributed by atoms with Crippen LogP contribution in [-0.2, 0) is 11.3 Å². The van der Waals surface area contributed by atoms with E-state index >= 15 is 0 Å². The van der Waals surface area contributed by atoms with Crippen LogP contribution in [-0.4, -0.2) is 23.0 Å². The molecule has 0 fully saturated rings. The van der Waals surface area contributed by atoms with Crippen LogP contribution in [0.3, 0.4) is 0 Å². The van der Waals surface area contributed by atoms with E-state index in [0.717, 1.165) is 0 Å². The van der Waals surface area contributed by atoms with E-state index in [2.05, 4.69) is 14.7 Å². The zero-order valence-electron chi connectivity index (χ0n) is 12.8. The number of hydrogen-bond donors (Lipinski definition) is 0. The molecule has 7 heteroatoms. The molecule has 122 valence electrons. The Morgan fingerprint density at radius 2 is 1.92 bits per heavy atom. The molecule has 0 saturated heterocycles. The minimum atomic E-state index is -0.472. The van der Waals surface area contributed by atoms with Crippen LogP contribution in [0.5, 0.6) is 17.5 Å². The van der Waals surface area contributed by atoms with Crippen LogP contribution in [0.4, 0.5) is 0 Å². The van der Waals surface area contributed by atoms with Gasteiger partial charge in [0.15, 0.2) is 5.76 Å². The van der Waals surface area contributed by atoms with Gasteiger partial charge in [-0.3, -0.25) is 0 Å². The summed E-state index contributed by atoms with van der Waals surface area (Å²) in [6.07, 6.45) is 4.60. The van der Waals surface area contributed by atoms with Gasteiger partial charge in [0.05, 0.1) is 13.4 Å². The summed E-state index contributed by atoms with van der Waals surface area (Å²) >= 11 is 0. The second-order valence-electron chi connectivity index (χ2n) is 4.65. The number of ether oxygens (including phenoxy) is 3. The highest BCUT2D eigenvalue weighted by atomic mass is 16.5. The Morgan fingerprint density at radius 1 is 1.12 bits per heavy atom. The summed E-state index contributed by atoms with van der Waals surface area (Å²) in [5.41, 5.74) is 0.336. The van der Waals surface area contributed by atoms with Crippen molar-refractivity contribution in [1.29, 1.82) is 0 Å². The van der Waals surface area contributed by atoms with E-state index < -0.39 is 5.97 Å². The van der Waals surface area contributed by atoms with Crippen molar-refractivity contribution in [2.45, 2.75) is 6.61 Å². The van der Waals surface area contributed by atoms with Crippen molar-refractivity contribution >= 4 is 5.97 Å². The zero-order valence-corrected chi connectivity index (χ0v) is 12.8. The van der Waals surface area contributed by atoms with Crippen LogP contribution in [0.1, 0.15) is 16.1 Å². The number of nitrogens with zero attached hydrogens (tertiary/aromatic N) is 2. The molecule has 0 aliphatic carbocycles. The Labute approximate surface area is 137 Å². The van der Waals surface area contributed by atoms with E-state index in [4.69, 9.17) is 13.9 Å². The SMILES string of the molecule is COC(=O)c1ccoc1COc1cccc(Oc2ncccn2)c1.